The highest BCUT2D eigenvalue weighted by atomic mass is 32.2. The first-order valence-corrected chi connectivity index (χ1v) is 6.28. The predicted octanol–water partition coefficient (Wildman–Crippen LogP) is -0.00810. The van der Waals surface area contributed by atoms with E-state index in [-0.39, 0.29) is 6.54 Å². The van der Waals surface area contributed by atoms with Crippen LogP contribution in [0.5, 0.6) is 0 Å². The number of nitrogens with zero attached hydrogens (tertiary/aromatic N) is 2. The smallest absolute Gasteiger partial charge is 0.236 e. The first-order chi connectivity index (χ1) is 6.99. The average Bonchev–Trinajstić information content (AvgIpc) is 2.63. The monoisotopic (exact) mass is 232 g/mol. The summed E-state index contributed by atoms with van der Waals surface area (Å²) in [5.74, 6) is 0. The topological polar surface area (TPSA) is 90.0 Å². The highest BCUT2D eigenvalue weighted by molar-refractivity contribution is 7.93. The minimum atomic E-state index is -3.39. The highest BCUT2D eigenvalue weighted by Crippen LogP contribution is 2.10. The Morgan fingerprint density at radius 1 is 1.67 bits per heavy atom. The van der Waals surface area contributed by atoms with Crippen LogP contribution in [-0.2, 0) is 16.6 Å². The van der Waals surface area contributed by atoms with Gasteiger partial charge in [0.25, 0.3) is 0 Å². The maximum Gasteiger partial charge on any atom is 0.236 e. The molecule has 1 heterocycles. The Balaban J connectivity index is 2.77. The second-order valence-electron chi connectivity index (χ2n) is 3.28. The number of anilines is 1. The quantitative estimate of drug-likeness (QED) is 0.747. The van der Waals surface area contributed by atoms with Crippen LogP contribution in [0.15, 0.2) is 12.4 Å². The van der Waals surface area contributed by atoms with Crippen LogP contribution in [-0.4, -0.2) is 30.0 Å². The van der Waals surface area contributed by atoms with E-state index in [2.05, 4.69) is 9.82 Å². The number of hydrogen-bond acceptors (Lipinski definition) is 4. The molecule has 0 radical (unpaired) electrons. The fourth-order valence-electron chi connectivity index (χ4n) is 0.981. The molecule has 0 fully saturated rings. The third-order valence-electron chi connectivity index (χ3n) is 2.08. The second-order valence-corrected chi connectivity index (χ2v) is 5.38. The van der Waals surface area contributed by atoms with Crippen LogP contribution in [0.4, 0.5) is 5.69 Å². The molecule has 0 amide bonds. The molecule has 0 bridgehead atoms. The SMILES string of the molecule is CCn1cc(NS(=O)(=O)C(C)CN)cn1. The third-order valence-corrected chi connectivity index (χ3v) is 3.85. The van der Waals surface area contributed by atoms with Crippen LogP contribution in [0, 0.1) is 0 Å². The molecule has 0 aliphatic carbocycles. The molecule has 6 nitrogen and oxygen atoms in total. The number of hydrogen-bond donors (Lipinski definition) is 2. The molecule has 0 aliphatic rings. The van der Waals surface area contributed by atoms with Crippen LogP contribution in [0.25, 0.3) is 0 Å². The summed E-state index contributed by atoms with van der Waals surface area (Å²) in [7, 11) is -3.39. The van der Waals surface area contributed by atoms with Crippen LogP contribution < -0.4 is 10.5 Å². The first-order valence-electron chi connectivity index (χ1n) is 4.73. The van der Waals surface area contributed by atoms with E-state index in [9.17, 15) is 8.42 Å². The van der Waals surface area contributed by atoms with Gasteiger partial charge in [-0.05, 0) is 13.8 Å². The Morgan fingerprint density at radius 2 is 2.33 bits per heavy atom. The Morgan fingerprint density at radius 3 is 2.80 bits per heavy atom. The summed E-state index contributed by atoms with van der Waals surface area (Å²) in [4.78, 5) is 0. The second kappa shape index (κ2) is 4.63. The number of aryl methyl sites for hydroxylation is 1. The summed E-state index contributed by atoms with van der Waals surface area (Å²) < 4.78 is 27.3. The van der Waals surface area contributed by atoms with Gasteiger partial charge in [-0.2, -0.15) is 5.10 Å². The Labute approximate surface area is 89.5 Å². The lowest BCUT2D eigenvalue weighted by molar-refractivity contribution is 0.589. The standard InChI is InChI=1S/C8H16N4O2S/c1-3-12-6-8(5-10-12)11-15(13,14)7(2)4-9/h5-7,11H,3-4,9H2,1-2H3. The summed E-state index contributed by atoms with van der Waals surface area (Å²) in [5.41, 5.74) is 5.77. The summed E-state index contributed by atoms with van der Waals surface area (Å²) in [6.45, 7) is 4.28. The van der Waals surface area contributed by atoms with Gasteiger partial charge in [0.15, 0.2) is 0 Å². The van der Waals surface area contributed by atoms with E-state index in [0.717, 1.165) is 0 Å². The van der Waals surface area contributed by atoms with Crippen molar-refractivity contribution in [3.05, 3.63) is 12.4 Å². The van der Waals surface area contributed by atoms with Crippen LogP contribution >= 0.6 is 0 Å². The Kier molecular flexibility index (Phi) is 3.70. The lowest BCUT2D eigenvalue weighted by Crippen LogP contribution is -2.31. The van der Waals surface area contributed by atoms with Gasteiger partial charge in [-0.3, -0.25) is 9.40 Å². The zero-order chi connectivity index (χ0) is 11.5. The van der Waals surface area contributed by atoms with E-state index in [4.69, 9.17) is 5.73 Å². The van der Waals surface area contributed by atoms with Crippen molar-refractivity contribution in [2.75, 3.05) is 11.3 Å². The van der Waals surface area contributed by atoms with Gasteiger partial charge in [0.05, 0.1) is 17.1 Å². The van der Waals surface area contributed by atoms with E-state index in [1.807, 2.05) is 6.92 Å². The van der Waals surface area contributed by atoms with Crippen molar-refractivity contribution in [1.29, 1.82) is 0 Å². The van der Waals surface area contributed by atoms with Crippen molar-refractivity contribution in [2.45, 2.75) is 25.6 Å². The predicted molar refractivity (Wildman–Crippen MR) is 59.0 cm³/mol. The number of nitrogens with one attached hydrogen (secondary N) is 1. The van der Waals surface area contributed by atoms with Crippen molar-refractivity contribution in [2.24, 2.45) is 5.73 Å². The van der Waals surface area contributed by atoms with Gasteiger partial charge in [0, 0.05) is 19.3 Å². The van der Waals surface area contributed by atoms with Crippen molar-refractivity contribution < 1.29 is 8.42 Å². The number of aromatic nitrogens is 2. The molecule has 1 aromatic heterocycles. The zero-order valence-corrected chi connectivity index (χ0v) is 9.66. The van der Waals surface area contributed by atoms with Crippen molar-refractivity contribution in [3.63, 3.8) is 0 Å². The largest absolute Gasteiger partial charge is 0.329 e. The maximum atomic E-state index is 11.6. The van der Waals surface area contributed by atoms with Crippen molar-refractivity contribution in [3.8, 4) is 0 Å². The van der Waals surface area contributed by atoms with Crippen LogP contribution in [0.2, 0.25) is 0 Å². The molecule has 1 rings (SSSR count). The summed E-state index contributed by atoms with van der Waals surface area (Å²) >= 11 is 0. The van der Waals surface area contributed by atoms with Gasteiger partial charge in [-0.1, -0.05) is 0 Å². The first kappa shape index (κ1) is 12.0. The summed E-state index contributed by atoms with van der Waals surface area (Å²) in [6, 6.07) is 0. The van der Waals surface area contributed by atoms with Gasteiger partial charge in [-0.25, -0.2) is 8.42 Å². The van der Waals surface area contributed by atoms with Gasteiger partial charge in [-0.15, -0.1) is 0 Å². The molecule has 1 atom stereocenters. The lowest BCUT2D eigenvalue weighted by Gasteiger charge is -2.10. The molecule has 0 aromatic carbocycles. The fourth-order valence-corrected chi connectivity index (χ4v) is 1.87. The molecule has 1 unspecified atom stereocenters. The normalized spacial score (nSPS) is 13.8. The lowest BCUT2D eigenvalue weighted by atomic mass is 10.5. The van der Waals surface area contributed by atoms with Gasteiger partial charge in [0.1, 0.15) is 0 Å². The number of nitrogens with two attached hydrogens (primary N) is 1. The van der Waals surface area contributed by atoms with E-state index in [0.29, 0.717) is 12.2 Å². The minimum absolute atomic E-state index is 0.0945. The maximum absolute atomic E-state index is 11.6. The summed E-state index contributed by atoms with van der Waals surface area (Å²) in [5, 5.41) is 3.35. The minimum Gasteiger partial charge on any atom is -0.329 e. The van der Waals surface area contributed by atoms with Gasteiger partial charge < -0.3 is 5.73 Å². The van der Waals surface area contributed by atoms with Crippen molar-refractivity contribution >= 4 is 15.7 Å². The van der Waals surface area contributed by atoms with E-state index in [1.54, 1.807) is 17.8 Å². The number of rotatable bonds is 5. The van der Waals surface area contributed by atoms with Crippen LogP contribution in [0.1, 0.15) is 13.8 Å². The van der Waals surface area contributed by atoms with E-state index >= 15 is 0 Å². The molecular weight excluding hydrogens is 216 g/mol. The highest BCUT2D eigenvalue weighted by Gasteiger charge is 2.19. The molecule has 0 spiro atoms. The molecule has 3 N–H and O–H groups in total. The molecule has 15 heavy (non-hydrogen) atoms. The molecular formula is C8H16N4O2S. The van der Waals surface area contributed by atoms with Crippen molar-refractivity contribution in [1.82, 2.24) is 9.78 Å². The summed E-state index contributed by atoms with van der Waals surface area (Å²) in [6.07, 6.45) is 3.12. The molecule has 1 aromatic rings. The molecule has 7 heteroatoms. The van der Waals surface area contributed by atoms with Gasteiger partial charge in [0.2, 0.25) is 10.0 Å². The molecule has 86 valence electrons. The van der Waals surface area contributed by atoms with Crippen LogP contribution in [0.3, 0.4) is 0 Å². The zero-order valence-electron chi connectivity index (χ0n) is 8.84. The molecule has 0 saturated heterocycles. The number of sulfonamides is 1. The molecule has 0 saturated carbocycles. The Bertz CT molecular complexity index is 412. The fraction of sp³-hybridized carbons (Fsp3) is 0.625. The third kappa shape index (κ3) is 2.93. The van der Waals surface area contributed by atoms with E-state index < -0.39 is 15.3 Å². The molecule has 0 aliphatic heterocycles. The Hall–Kier alpha value is -1.08. The average molecular weight is 232 g/mol. The van der Waals surface area contributed by atoms with Gasteiger partial charge >= 0.3 is 0 Å². The van der Waals surface area contributed by atoms with E-state index in [1.165, 1.54) is 6.20 Å².